The Labute approximate surface area is 157 Å². The van der Waals surface area contributed by atoms with E-state index in [1.165, 1.54) is 6.07 Å². The molecule has 23 heavy (non-hydrogen) atoms. The second-order valence-corrected chi connectivity index (χ2v) is 5.89. The van der Waals surface area contributed by atoms with E-state index in [2.05, 4.69) is 0 Å². The van der Waals surface area contributed by atoms with Crippen molar-refractivity contribution in [3.8, 4) is 0 Å². The summed E-state index contributed by atoms with van der Waals surface area (Å²) in [4.78, 5) is 25.1. The molecular formula is C14H11Li2NO5S. The molecule has 0 radical (unpaired) electrons. The van der Waals surface area contributed by atoms with Crippen molar-refractivity contribution in [2.24, 2.45) is 0 Å². The SMILES string of the molecule is O=C1c2ccc(S(=O)(=O)O)cc2C(=O)N1c1ccccc1.[LiH].[LiH]. The van der Waals surface area contributed by atoms with Gasteiger partial charge in [-0.15, -0.1) is 0 Å². The number of imide groups is 1. The predicted octanol–water partition coefficient (Wildman–Crippen LogP) is 0.437. The number of benzene rings is 2. The molecule has 0 atom stereocenters. The monoisotopic (exact) mass is 319 g/mol. The Bertz CT molecular complexity index is 868. The zero-order chi connectivity index (χ0) is 15.2. The molecular weight excluding hydrogens is 308 g/mol. The van der Waals surface area contributed by atoms with Gasteiger partial charge in [-0.25, -0.2) is 4.90 Å². The van der Waals surface area contributed by atoms with E-state index >= 15 is 0 Å². The van der Waals surface area contributed by atoms with Gasteiger partial charge in [0.2, 0.25) is 0 Å². The van der Waals surface area contributed by atoms with Crippen molar-refractivity contribution in [3.05, 3.63) is 59.7 Å². The Balaban J connectivity index is 0.00000132. The van der Waals surface area contributed by atoms with Gasteiger partial charge in [-0.1, -0.05) is 18.2 Å². The Hall–Kier alpha value is -1.32. The molecule has 0 aliphatic carbocycles. The first kappa shape index (κ1) is 19.7. The average molecular weight is 319 g/mol. The number of hydrogen-bond acceptors (Lipinski definition) is 4. The van der Waals surface area contributed by atoms with Gasteiger partial charge in [-0.05, 0) is 30.3 Å². The molecule has 1 heterocycles. The second kappa shape index (κ2) is 7.06. The van der Waals surface area contributed by atoms with Gasteiger partial charge >= 0.3 is 37.7 Å². The van der Waals surface area contributed by atoms with E-state index in [0.29, 0.717) is 5.69 Å². The maximum atomic E-state index is 12.3. The molecule has 1 aliphatic rings. The van der Waals surface area contributed by atoms with Gasteiger partial charge in [0.25, 0.3) is 21.9 Å². The zero-order valence-corrected chi connectivity index (χ0v) is 11.4. The van der Waals surface area contributed by atoms with Crippen LogP contribution in [-0.4, -0.2) is 62.5 Å². The normalized spacial score (nSPS) is 13.2. The van der Waals surface area contributed by atoms with Gasteiger partial charge in [0, 0.05) is 0 Å². The summed E-state index contributed by atoms with van der Waals surface area (Å²) in [5, 5.41) is 0. The number of carbonyl (C=O) groups excluding carboxylic acids is 2. The summed E-state index contributed by atoms with van der Waals surface area (Å²) in [6.45, 7) is 0. The summed E-state index contributed by atoms with van der Waals surface area (Å²) in [7, 11) is -4.43. The summed E-state index contributed by atoms with van der Waals surface area (Å²) >= 11 is 0. The van der Waals surface area contributed by atoms with E-state index in [4.69, 9.17) is 4.55 Å². The molecule has 0 saturated carbocycles. The van der Waals surface area contributed by atoms with Crippen LogP contribution >= 0.6 is 0 Å². The third kappa shape index (κ3) is 3.46. The van der Waals surface area contributed by atoms with Crippen molar-refractivity contribution in [1.29, 1.82) is 0 Å². The number of para-hydroxylation sites is 1. The molecule has 110 valence electrons. The number of rotatable bonds is 2. The fraction of sp³-hybridized carbons (Fsp3) is 0. The minimum absolute atomic E-state index is 0. The van der Waals surface area contributed by atoms with Crippen LogP contribution in [0.5, 0.6) is 0 Å². The van der Waals surface area contributed by atoms with Gasteiger partial charge < -0.3 is 0 Å². The van der Waals surface area contributed by atoms with Crippen LogP contribution in [0, 0.1) is 0 Å². The van der Waals surface area contributed by atoms with E-state index < -0.39 is 26.8 Å². The van der Waals surface area contributed by atoms with Crippen molar-refractivity contribution < 1.29 is 22.6 Å². The molecule has 0 fully saturated rings. The summed E-state index contributed by atoms with van der Waals surface area (Å²) < 4.78 is 31.3. The Morgan fingerprint density at radius 2 is 1.39 bits per heavy atom. The molecule has 0 spiro atoms. The van der Waals surface area contributed by atoms with Crippen LogP contribution in [0.1, 0.15) is 20.7 Å². The van der Waals surface area contributed by atoms with E-state index in [1.54, 1.807) is 30.3 Å². The average Bonchev–Trinajstić information content (AvgIpc) is 2.70. The van der Waals surface area contributed by atoms with Crippen molar-refractivity contribution in [2.45, 2.75) is 4.90 Å². The zero-order valence-electron chi connectivity index (χ0n) is 10.6. The molecule has 0 unspecified atom stereocenters. The third-order valence-corrected chi connectivity index (χ3v) is 4.02. The van der Waals surface area contributed by atoms with Crippen LogP contribution in [0.15, 0.2) is 53.4 Å². The van der Waals surface area contributed by atoms with Crippen molar-refractivity contribution in [2.75, 3.05) is 4.90 Å². The molecule has 2 amide bonds. The first-order chi connectivity index (χ1) is 9.89. The molecule has 0 bridgehead atoms. The standard InChI is InChI=1S/C14H9NO5S.2Li.2H/c16-13-11-7-6-10(21(18,19)20)8-12(11)14(17)15(13)9-4-2-1-3-5-9;;;;/h1-8H,(H,18,19,20);;;;. The van der Waals surface area contributed by atoms with Crippen LogP contribution in [0.25, 0.3) is 0 Å². The van der Waals surface area contributed by atoms with Crippen molar-refractivity contribution >= 4 is 65.3 Å². The molecule has 9 heteroatoms. The first-order valence-electron chi connectivity index (χ1n) is 5.95. The van der Waals surface area contributed by atoms with E-state index in [0.717, 1.165) is 17.0 Å². The summed E-state index contributed by atoms with van der Waals surface area (Å²) in [5.74, 6) is -1.14. The molecule has 0 saturated heterocycles. The molecule has 6 nitrogen and oxygen atoms in total. The fourth-order valence-electron chi connectivity index (χ4n) is 2.19. The summed E-state index contributed by atoms with van der Waals surface area (Å²) in [5.41, 5.74) is 0.465. The molecule has 0 aromatic heterocycles. The topological polar surface area (TPSA) is 91.7 Å². The van der Waals surface area contributed by atoms with Gasteiger partial charge in [0.05, 0.1) is 21.7 Å². The number of amides is 2. The second-order valence-electron chi connectivity index (χ2n) is 4.46. The summed E-state index contributed by atoms with van der Waals surface area (Å²) in [6, 6.07) is 11.6. The number of nitrogens with zero attached hydrogens (tertiary/aromatic N) is 1. The number of hydrogen-bond donors (Lipinski definition) is 1. The number of fused-ring (bicyclic) bond motifs is 1. The molecule has 2 aromatic carbocycles. The Kier molecular flexibility index (Phi) is 6.06. The van der Waals surface area contributed by atoms with Crippen molar-refractivity contribution in [3.63, 3.8) is 0 Å². The van der Waals surface area contributed by atoms with Crippen LogP contribution in [-0.2, 0) is 10.1 Å². The quantitative estimate of drug-likeness (QED) is 0.492. The van der Waals surface area contributed by atoms with Crippen molar-refractivity contribution in [1.82, 2.24) is 0 Å². The molecule has 1 N–H and O–H groups in total. The fourth-order valence-corrected chi connectivity index (χ4v) is 2.70. The van der Waals surface area contributed by atoms with E-state index in [-0.39, 0.29) is 48.8 Å². The van der Waals surface area contributed by atoms with Crippen LogP contribution in [0.2, 0.25) is 0 Å². The van der Waals surface area contributed by atoms with Gasteiger partial charge in [-0.2, -0.15) is 8.42 Å². The number of carbonyl (C=O) groups is 2. The Morgan fingerprint density at radius 1 is 0.826 bits per heavy atom. The van der Waals surface area contributed by atoms with Crippen LogP contribution < -0.4 is 4.90 Å². The summed E-state index contributed by atoms with van der Waals surface area (Å²) in [6.07, 6.45) is 0. The molecule has 3 rings (SSSR count). The van der Waals surface area contributed by atoms with Crippen LogP contribution in [0.4, 0.5) is 5.69 Å². The first-order valence-corrected chi connectivity index (χ1v) is 7.39. The molecule has 2 aromatic rings. The Morgan fingerprint density at radius 3 is 1.96 bits per heavy atom. The molecule has 1 aliphatic heterocycles. The minimum atomic E-state index is -4.43. The number of anilines is 1. The van der Waals surface area contributed by atoms with E-state index in [9.17, 15) is 18.0 Å². The van der Waals surface area contributed by atoms with Gasteiger partial charge in [0.15, 0.2) is 0 Å². The van der Waals surface area contributed by atoms with Gasteiger partial charge in [0.1, 0.15) is 0 Å². The van der Waals surface area contributed by atoms with Crippen LogP contribution in [0.3, 0.4) is 0 Å². The maximum absolute atomic E-state index is 12.3. The third-order valence-electron chi connectivity index (χ3n) is 3.17. The predicted molar refractivity (Wildman–Crippen MR) is 88.1 cm³/mol. The van der Waals surface area contributed by atoms with Gasteiger partial charge in [-0.3, -0.25) is 14.1 Å². The van der Waals surface area contributed by atoms with E-state index in [1.807, 2.05) is 0 Å².